The van der Waals surface area contributed by atoms with E-state index in [1.165, 1.54) is 4.90 Å². The monoisotopic (exact) mass is 564 g/mol. The molecule has 0 heterocycles. The van der Waals surface area contributed by atoms with E-state index in [1.54, 1.807) is 25.1 Å². The Balaban J connectivity index is 1.82. The fraction of sp³-hybridized carbons (Fsp3) is 0.308. The third-order valence-electron chi connectivity index (χ3n) is 5.42. The second-order valence-electron chi connectivity index (χ2n) is 8.42. The van der Waals surface area contributed by atoms with Gasteiger partial charge in [-0.25, -0.2) is 0 Å². The van der Waals surface area contributed by atoms with Gasteiger partial charge < -0.3 is 15.0 Å². The molecule has 5 nitrogen and oxygen atoms in total. The topological polar surface area (TPSA) is 58.6 Å². The Morgan fingerprint density at radius 2 is 1.68 bits per heavy atom. The van der Waals surface area contributed by atoms with Crippen LogP contribution < -0.4 is 10.1 Å². The van der Waals surface area contributed by atoms with Crippen molar-refractivity contribution in [2.45, 2.75) is 33.4 Å². The van der Waals surface area contributed by atoms with Gasteiger partial charge in [0.05, 0.1) is 4.47 Å². The molecule has 34 heavy (non-hydrogen) atoms. The van der Waals surface area contributed by atoms with E-state index in [9.17, 15) is 9.59 Å². The molecule has 0 fully saturated rings. The summed E-state index contributed by atoms with van der Waals surface area (Å²) in [7, 11) is 0. The molecule has 0 unspecified atom stereocenters. The highest BCUT2D eigenvalue weighted by atomic mass is 79.9. The molecule has 0 aliphatic heterocycles. The van der Waals surface area contributed by atoms with E-state index >= 15 is 0 Å². The molecule has 0 bridgehead atoms. The zero-order valence-electron chi connectivity index (χ0n) is 19.3. The molecule has 3 aromatic carbocycles. The molecule has 2 amide bonds. The molecule has 0 radical (unpaired) electrons. The van der Waals surface area contributed by atoms with Gasteiger partial charge in [0.25, 0.3) is 5.91 Å². The Kier molecular flexibility index (Phi) is 9.23. The lowest BCUT2D eigenvalue weighted by atomic mass is 10.1. The minimum absolute atomic E-state index is 0.0792. The zero-order valence-corrected chi connectivity index (χ0v) is 22.4. The number of benzene rings is 3. The average Bonchev–Trinajstić information content (AvgIpc) is 2.81. The summed E-state index contributed by atoms with van der Waals surface area (Å²) in [4.78, 5) is 27.6. The highest BCUT2D eigenvalue weighted by Gasteiger charge is 2.28. The van der Waals surface area contributed by atoms with Gasteiger partial charge in [0, 0.05) is 28.7 Å². The number of halogens is 3. The molecule has 8 heteroatoms. The summed E-state index contributed by atoms with van der Waals surface area (Å²) in [5, 5.41) is 5.78. The van der Waals surface area contributed by atoms with Crippen molar-refractivity contribution in [3.05, 3.63) is 74.7 Å². The lowest BCUT2D eigenvalue weighted by molar-refractivity contribution is -0.142. The first kappa shape index (κ1) is 26.3. The van der Waals surface area contributed by atoms with E-state index in [0.717, 1.165) is 15.2 Å². The van der Waals surface area contributed by atoms with Gasteiger partial charge in [-0.3, -0.25) is 9.59 Å². The number of carbonyl (C=O) groups excluding carboxylic acids is 2. The molecule has 1 atom stereocenters. The van der Waals surface area contributed by atoms with E-state index in [1.807, 2.05) is 50.2 Å². The molecule has 1 N–H and O–H groups in total. The maximum atomic E-state index is 13.3. The highest BCUT2D eigenvalue weighted by Crippen LogP contribution is 2.33. The molecule has 3 rings (SSSR count). The molecule has 180 valence electrons. The minimum Gasteiger partial charge on any atom is -0.483 e. The number of ether oxygens (including phenoxy) is 1. The van der Waals surface area contributed by atoms with Crippen LogP contribution in [0.2, 0.25) is 10.0 Å². The van der Waals surface area contributed by atoms with Crippen molar-refractivity contribution in [1.29, 1.82) is 0 Å². The second-order valence-corrected chi connectivity index (χ2v) is 10.0. The molecule has 0 aliphatic carbocycles. The van der Waals surface area contributed by atoms with Crippen molar-refractivity contribution in [3.8, 4) is 5.75 Å². The summed E-state index contributed by atoms with van der Waals surface area (Å²) in [5.41, 5.74) is 0.578. The van der Waals surface area contributed by atoms with E-state index in [-0.39, 0.29) is 30.9 Å². The number of amides is 2. The quantitative estimate of drug-likeness (QED) is 0.323. The standard InChI is InChI=1S/C26H27BrCl2N2O3/c1-16(2)13-30-26(33)17(3)31(14-20-21(28)9-6-10-22(20)29)24(32)15-34-23-12-11-18-7-4-5-8-19(18)25(23)27/h4-12,16-17H,13-15H2,1-3H3,(H,30,33)/t17-/m1/s1. The molecule has 0 aliphatic rings. The number of nitrogens with one attached hydrogen (secondary N) is 1. The molecular formula is C26H27BrCl2N2O3. The Bertz CT molecular complexity index is 1170. The summed E-state index contributed by atoms with van der Waals surface area (Å²) < 4.78 is 6.64. The first-order valence-corrected chi connectivity index (χ1v) is 12.5. The van der Waals surface area contributed by atoms with Crippen LogP contribution in [0.4, 0.5) is 0 Å². The SMILES string of the molecule is CC(C)CNC(=O)[C@@H](C)N(Cc1c(Cl)cccc1Cl)C(=O)COc1ccc2ccccc2c1Br. The first-order chi connectivity index (χ1) is 16.2. The number of hydrogen-bond donors (Lipinski definition) is 1. The van der Waals surface area contributed by atoms with E-state index in [4.69, 9.17) is 27.9 Å². The summed E-state index contributed by atoms with van der Waals surface area (Å²) in [6, 6.07) is 16.0. The van der Waals surface area contributed by atoms with E-state index < -0.39 is 6.04 Å². The van der Waals surface area contributed by atoms with Gasteiger partial charge in [-0.15, -0.1) is 0 Å². The molecule has 3 aromatic rings. The van der Waals surface area contributed by atoms with Crippen LogP contribution in [0.3, 0.4) is 0 Å². The fourth-order valence-electron chi connectivity index (χ4n) is 3.44. The molecular weight excluding hydrogens is 539 g/mol. The van der Waals surface area contributed by atoms with E-state index in [2.05, 4.69) is 21.2 Å². The third-order valence-corrected chi connectivity index (χ3v) is 6.95. The van der Waals surface area contributed by atoms with Crippen LogP contribution in [-0.4, -0.2) is 35.9 Å². The van der Waals surface area contributed by atoms with Crippen LogP contribution in [-0.2, 0) is 16.1 Å². The molecule has 0 saturated carbocycles. The van der Waals surface area contributed by atoms with Crippen molar-refractivity contribution in [3.63, 3.8) is 0 Å². The van der Waals surface area contributed by atoms with E-state index in [0.29, 0.717) is 27.9 Å². The van der Waals surface area contributed by atoms with Gasteiger partial charge in [-0.05, 0) is 57.7 Å². The number of fused-ring (bicyclic) bond motifs is 1. The van der Waals surface area contributed by atoms with Crippen LogP contribution in [0.25, 0.3) is 10.8 Å². The van der Waals surface area contributed by atoms with Gasteiger partial charge in [0.1, 0.15) is 11.8 Å². The summed E-state index contributed by atoms with van der Waals surface area (Å²) in [6.07, 6.45) is 0. The smallest absolute Gasteiger partial charge is 0.261 e. The Labute approximate surface area is 218 Å². The van der Waals surface area contributed by atoms with Gasteiger partial charge in [0.2, 0.25) is 5.91 Å². The van der Waals surface area contributed by atoms with Crippen LogP contribution in [0, 0.1) is 5.92 Å². The Morgan fingerprint density at radius 1 is 1.00 bits per heavy atom. The molecule has 0 spiro atoms. The predicted octanol–water partition coefficient (Wildman–Crippen LogP) is 6.48. The molecule has 0 saturated heterocycles. The maximum absolute atomic E-state index is 13.3. The fourth-order valence-corrected chi connectivity index (χ4v) is 4.56. The van der Waals surface area contributed by atoms with Crippen molar-refractivity contribution >= 4 is 61.7 Å². The Hall–Kier alpha value is -2.28. The van der Waals surface area contributed by atoms with Crippen LogP contribution >= 0.6 is 39.1 Å². The van der Waals surface area contributed by atoms with Gasteiger partial charge in [0.15, 0.2) is 6.61 Å². The normalized spacial score (nSPS) is 12.0. The highest BCUT2D eigenvalue weighted by molar-refractivity contribution is 9.10. The number of nitrogens with zero attached hydrogens (tertiary/aromatic N) is 1. The van der Waals surface area contributed by atoms with Crippen LogP contribution in [0.5, 0.6) is 5.75 Å². The summed E-state index contributed by atoms with van der Waals surface area (Å²) in [5.74, 6) is 0.215. The lowest BCUT2D eigenvalue weighted by Gasteiger charge is -2.29. The van der Waals surface area contributed by atoms with Gasteiger partial charge in [-0.1, -0.05) is 73.4 Å². The first-order valence-electron chi connectivity index (χ1n) is 11.0. The largest absolute Gasteiger partial charge is 0.483 e. The third kappa shape index (κ3) is 6.44. The van der Waals surface area contributed by atoms with Gasteiger partial charge in [-0.2, -0.15) is 0 Å². The number of rotatable bonds is 9. The van der Waals surface area contributed by atoms with Crippen molar-refractivity contribution in [2.75, 3.05) is 13.2 Å². The molecule has 0 aromatic heterocycles. The minimum atomic E-state index is -0.748. The van der Waals surface area contributed by atoms with Gasteiger partial charge >= 0.3 is 0 Å². The zero-order chi connectivity index (χ0) is 24.8. The van der Waals surface area contributed by atoms with Crippen LogP contribution in [0.15, 0.2) is 59.1 Å². The second kappa shape index (κ2) is 11.9. The number of carbonyl (C=O) groups is 2. The Morgan fingerprint density at radius 3 is 2.35 bits per heavy atom. The van der Waals surface area contributed by atoms with Crippen molar-refractivity contribution < 1.29 is 14.3 Å². The summed E-state index contributed by atoms with van der Waals surface area (Å²) in [6.45, 7) is 6.04. The lowest BCUT2D eigenvalue weighted by Crippen LogP contribution is -2.49. The predicted molar refractivity (Wildman–Crippen MR) is 141 cm³/mol. The maximum Gasteiger partial charge on any atom is 0.261 e. The number of hydrogen-bond acceptors (Lipinski definition) is 3. The van der Waals surface area contributed by atoms with Crippen molar-refractivity contribution in [1.82, 2.24) is 10.2 Å². The van der Waals surface area contributed by atoms with Crippen LogP contribution in [0.1, 0.15) is 26.3 Å². The van der Waals surface area contributed by atoms with Crippen molar-refractivity contribution in [2.24, 2.45) is 5.92 Å². The average molecular weight is 566 g/mol. The summed E-state index contributed by atoms with van der Waals surface area (Å²) >= 11 is 16.3.